The topological polar surface area (TPSA) is 130 Å². The van der Waals surface area contributed by atoms with Gasteiger partial charge in [-0.15, -0.1) is 0 Å². The lowest BCUT2D eigenvalue weighted by molar-refractivity contribution is -0.117. The van der Waals surface area contributed by atoms with Crippen molar-refractivity contribution >= 4 is 34.6 Å². The number of anilines is 3. The molecule has 0 aliphatic heterocycles. The number of benzene rings is 1. The number of ketones is 1. The maximum atomic E-state index is 12.4. The third-order valence-corrected chi connectivity index (χ3v) is 4.87. The molecule has 3 rings (SSSR count). The number of aromatic nitrogens is 1. The van der Waals surface area contributed by atoms with Gasteiger partial charge in [-0.05, 0) is 51.4 Å². The molecule has 8 nitrogen and oxygen atoms in total. The molecular formula is C24H31N5O3. The zero-order valence-corrected chi connectivity index (χ0v) is 19.0. The molecule has 1 fully saturated rings. The molecular weight excluding hydrogens is 406 g/mol. The Labute approximate surface area is 188 Å². The molecule has 0 unspecified atom stereocenters. The van der Waals surface area contributed by atoms with Crippen LogP contribution in [0.5, 0.6) is 5.75 Å². The van der Waals surface area contributed by atoms with E-state index in [-0.39, 0.29) is 17.6 Å². The van der Waals surface area contributed by atoms with E-state index in [9.17, 15) is 9.59 Å². The van der Waals surface area contributed by atoms with Crippen molar-refractivity contribution in [1.29, 1.82) is 5.41 Å². The van der Waals surface area contributed by atoms with E-state index in [1.807, 2.05) is 25.1 Å². The van der Waals surface area contributed by atoms with Crippen LogP contribution in [0.2, 0.25) is 0 Å². The van der Waals surface area contributed by atoms with Gasteiger partial charge in [0.2, 0.25) is 5.91 Å². The average molecular weight is 438 g/mol. The molecule has 32 heavy (non-hydrogen) atoms. The number of nitrogens with two attached hydrogens (primary N) is 1. The maximum absolute atomic E-state index is 12.4. The summed E-state index contributed by atoms with van der Waals surface area (Å²) < 4.78 is 5.53. The maximum Gasteiger partial charge on any atom is 0.228 e. The first kappa shape index (κ1) is 24.6. The molecule has 0 spiro atoms. The second-order valence-electron chi connectivity index (χ2n) is 7.42. The normalized spacial score (nSPS) is 12.1. The van der Waals surface area contributed by atoms with Crippen LogP contribution in [-0.2, 0) is 11.2 Å². The number of nitrogens with zero attached hydrogens (tertiary/aromatic N) is 1. The van der Waals surface area contributed by atoms with E-state index in [0.29, 0.717) is 51.9 Å². The minimum Gasteiger partial charge on any atom is -0.494 e. The van der Waals surface area contributed by atoms with E-state index in [4.69, 9.17) is 10.1 Å². The molecule has 0 saturated heterocycles. The van der Waals surface area contributed by atoms with Crippen molar-refractivity contribution in [1.82, 2.24) is 4.98 Å². The molecule has 170 valence electrons. The predicted molar refractivity (Wildman–Crippen MR) is 128 cm³/mol. The number of aryl methyl sites for hydroxylation is 1. The number of para-hydroxylation sites is 1. The van der Waals surface area contributed by atoms with Crippen LogP contribution in [0.15, 0.2) is 37.0 Å². The van der Waals surface area contributed by atoms with E-state index < -0.39 is 0 Å². The van der Waals surface area contributed by atoms with E-state index in [1.165, 1.54) is 13.1 Å². The van der Waals surface area contributed by atoms with Gasteiger partial charge in [0.1, 0.15) is 5.82 Å². The highest BCUT2D eigenvalue weighted by Gasteiger charge is 2.30. The van der Waals surface area contributed by atoms with Gasteiger partial charge >= 0.3 is 0 Å². The van der Waals surface area contributed by atoms with Gasteiger partial charge in [0.15, 0.2) is 11.5 Å². The van der Waals surface area contributed by atoms with Crippen molar-refractivity contribution < 1.29 is 14.3 Å². The smallest absolute Gasteiger partial charge is 0.228 e. The van der Waals surface area contributed by atoms with Gasteiger partial charge in [0.05, 0.1) is 29.7 Å². The predicted octanol–water partition coefficient (Wildman–Crippen LogP) is 4.42. The van der Waals surface area contributed by atoms with Crippen molar-refractivity contribution in [2.24, 2.45) is 11.7 Å². The fourth-order valence-corrected chi connectivity index (χ4v) is 3.28. The molecule has 1 aromatic heterocycles. The quantitative estimate of drug-likeness (QED) is 0.357. The molecule has 1 heterocycles. The van der Waals surface area contributed by atoms with Gasteiger partial charge in [-0.1, -0.05) is 19.6 Å². The summed E-state index contributed by atoms with van der Waals surface area (Å²) in [6, 6.07) is 7.14. The zero-order valence-electron chi connectivity index (χ0n) is 19.0. The number of ether oxygens (including phenoxy) is 1. The highest BCUT2D eigenvalue weighted by Crippen LogP contribution is 2.35. The number of rotatable bonds is 8. The fourth-order valence-electron chi connectivity index (χ4n) is 3.28. The third-order valence-electron chi connectivity index (χ3n) is 4.87. The summed E-state index contributed by atoms with van der Waals surface area (Å²) >= 11 is 0. The van der Waals surface area contributed by atoms with E-state index in [0.717, 1.165) is 12.8 Å². The number of amides is 1. The largest absolute Gasteiger partial charge is 0.494 e. The standard InChI is InChI=1S/C22H26N4O3.C2H5N/c1-5-16-20(13(3)27)18(11-19(25-16)26-22(28)14-9-10-14)24-17-8-6-7-15(12(2)23)21(17)29-4;1-2-3/h6-8,11,14,23H,5,9-10H2,1-4H3,(H2,24,25,26,28);2H,1,3H2. The molecule has 0 bridgehead atoms. The fraction of sp³-hybridized carbons (Fsp3) is 0.333. The van der Waals surface area contributed by atoms with E-state index in [2.05, 4.69) is 27.9 Å². The van der Waals surface area contributed by atoms with Crippen molar-refractivity contribution in [3.8, 4) is 5.75 Å². The highest BCUT2D eigenvalue weighted by atomic mass is 16.5. The molecule has 5 N–H and O–H groups in total. The Bertz CT molecular complexity index is 1030. The summed E-state index contributed by atoms with van der Waals surface area (Å²) in [7, 11) is 1.55. The third kappa shape index (κ3) is 5.94. The van der Waals surface area contributed by atoms with Crippen LogP contribution in [0.25, 0.3) is 0 Å². The Morgan fingerprint density at radius 1 is 1.31 bits per heavy atom. The summed E-state index contributed by atoms with van der Waals surface area (Å²) in [5.74, 6) is 0.839. The summed E-state index contributed by atoms with van der Waals surface area (Å²) in [5.41, 5.74) is 7.93. The van der Waals surface area contributed by atoms with Crippen molar-refractivity contribution in [2.45, 2.75) is 40.0 Å². The van der Waals surface area contributed by atoms with E-state index in [1.54, 1.807) is 20.1 Å². The number of carbonyl (C=O) groups excluding carboxylic acids is 2. The number of methoxy groups -OCH3 is 1. The van der Waals surface area contributed by atoms with Crippen LogP contribution in [0.3, 0.4) is 0 Å². The van der Waals surface area contributed by atoms with Crippen LogP contribution in [0, 0.1) is 11.3 Å². The van der Waals surface area contributed by atoms with Crippen LogP contribution in [0.4, 0.5) is 17.2 Å². The Kier molecular flexibility index (Phi) is 8.52. The van der Waals surface area contributed by atoms with Crippen molar-refractivity contribution in [3.05, 3.63) is 53.9 Å². The molecule has 1 saturated carbocycles. The molecule has 0 radical (unpaired) electrons. The number of Topliss-reactive ketones (excluding diaryl/α,β-unsaturated/α-hetero) is 1. The number of nitrogens with one attached hydrogen (secondary N) is 3. The van der Waals surface area contributed by atoms with Gasteiger partial charge in [0, 0.05) is 23.3 Å². The molecule has 1 aromatic carbocycles. The number of carbonyl (C=O) groups is 2. The highest BCUT2D eigenvalue weighted by molar-refractivity contribution is 6.04. The summed E-state index contributed by atoms with van der Waals surface area (Å²) in [4.78, 5) is 29.1. The van der Waals surface area contributed by atoms with Crippen molar-refractivity contribution in [2.75, 3.05) is 17.7 Å². The molecule has 0 atom stereocenters. The monoisotopic (exact) mass is 437 g/mol. The second-order valence-corrected chi connectivity index (χ2v) is 7.42. The minimum absolute atomic E-state index is 0.0416. The summed E-state index contributed by atoms with van der Waals surface area (Å²) in [6.45, 7) is 8.25. The summed E-state index contributed by atoms with van der Waals surface area (Å²) in [6.07, 6.45) is 3.60. The van der Waals surface area contributed by atoms with E-state index >= 15 is 0 Å². The number of hydrogen-bond acceptors (Lipinski definition) is 7. The summed E-state index contributed by atoms with van der Waals surface area (Å²) in [5, 5.41) is 14.1. The van der Waals surface area contributed by atoms with Gasteiger partial charge in [0.25, 0.3) is 0 Å². The Morgan fingerprint density at radius 2 is 1.97 bits per heavy atom. The van der Waals surface area contributed by atoms with Gasteiger partial charge in [-0.25, -0.2) is 4.98 Å². The molecule has 8 heteroatoms. The second kappa shape index (κ2) is 11.1. The van der Waals surface area contributed by atoms with Gasteiger partial charge < -0.3 is 26.5 Å². The lowest BCUT2D eigenvalue weighted by Gasteiger charge is -2.18. The Hall–Kier alpha value is -3.68. The average Bonchev–Trinajstić information content (AvgIpc) is 3.59. The Morgan fingerprint density at radius 3 is 2.47 bits per heavy atom. The van der Waals surface area contributed by atoms with Crippen LogP contribution in [-0.4, -0.2) is 29.5 Å². The SMILES string of the molecule is C=CN.CCc1nc(NC(=O)C2CC2)cc(Nc2cccc(C(C)=N)c2OC)c1C(C)=O. The molecule has 1 amide bonds. The van der Waals surface area contributed by atoms with Crippen molar-refractivity contribution in [3.63, 3.8) is 0 Å². The van der Waals surface area contributed by atoms with Crippen LogP contribution >= 0.6 is 0 Å². The first-order valence-electron chi connectivity index (χ1n) is 10.4. The minimum atomic E-state index is -0.115. The van der Waals surface area contributed by atoms with Crippen LogP contribution in [0.1, 0.15) is 55.2 Å². The lowest BCUT2D eigenvalue weighted by Crippen LogP contribution is -2.17. The first-order chi connectivity index (χ1) is 15.3. The lowest BCUT2D eigenvalue weighted by atomic mass is 10.0. The number of hydrogen-bond donors (Lipinski definition) is 4. The number of pyridine rings is 1. The molecule has 2 aromatic rings. The van der Waals surface area contributed by atoms with Crippen LogP contribution < -0.4 is 21.1 Å². The first-order valence-corrected chi connectivity index (χ1v) is 10.4. The molecule has 1 aliphatic rings. The molecule has 1 aliphatic carbocycles. The zero-order chi connectivity index (χ0) is 23.8. The van der Waals surface area contributed by atoms with Gasteiger partial charge in [-0.3, -0.25) is 9.59 Å². The Balaban J connectivity index is 0.00000114. The van der Waals surface area contributed by atoms with Gasteiger partial charge in [-0.2, -0.15) is 0 Å².